The van der Waals surface area contributed by atoms with E-state index in [2.05, 4.69) is 13.4 Å². The maximum atomic E-state index is 12.2. The molecule has 2 rings (SSSR count). The summed E-state index contributed by atoms with van der Waals surface area (Å²) in [4.78, 5) is 0.166. The first-order chi connectivity index (χ1) is 9.54. The molecule has 8 heteroatoms. The van der Waals surface area contributed by atoms with Gasteiger partial charge in [-0.05, 0) is 30.9 Å². The zero-order valence-electron chi connectivity index (χ0n) is 11.1. The highest BCUT2D eigenvalue weighted by Gasteiger charge is 2.21. The maximum Gasteiger partial charge on any atom is 0.242 e. The molecule has 0 bridgehead atoms. The molecule has 1 aliphatic heterocycles. The molecule has 1 aromatic rings. The number of nitrogens with zero attached hydrogens (tertiary/aromatic N) is 2. The van der Waals surface area contributed by atoms with Crippen LogP contribution in [0.25, 0.3) is 0 Å². The van der Waals surface area contributed by atoms with Crippen molar-refractivity contribution in [2.75, 3.05) is 13.2 Å². The molecule has 20 heavy (non-hydrogen) atoms. The van der Waals surface area contributed by atoms with Crippen molar-refractivity contribution in [2.24, 2.45) is 14.6 Å². The lowest BCUT2D eigenvalue weighted by Gasteiger charge is -2.10. The van der Waals surface area contributed by atoms with Crippen LogP contribution in [0.15, 0.2) is 31.8 Å². The van der Waals surface area contributed by atoms with Crippen molar-refractivity contribution in [1.29, 1.82) is 0 Å². The van der Waals surface area contributed by atoms with Crippen LogP contribution in [-0.2, 0) is 21.4 Å². The van der Waals surface area contributed by atoms with Crippen LogP contribution in [-0.4, -0.2) is 26.7 Å². The van der Waals surface area contributed by atoms with E-state index in [-0.39, 0.29) is 17.4 Å². The fourth-order valence-electron chi connectivity index (χ4n) is 1.82. The fraction of sp³-hybridized carbons (Fsp3) is 0.500. The highest BCUT2D eigenvalue weighted by Crippen LogP contribution is 2.37. The summed E-state index contributed by atoms with van der Waals surface area (Å²) in [6, 6.07) is 4.93. The molecule has 0 saturated heterocycles. The lowest BCUT2D eigenvalue weighted by molar-refractivity contribution is 0.228. The lowest BCUT2D eigenvalue weighted by atomic mass is 10.1. The first-order valence-electron chi connectivity index (χ1n) is 6.36. The van der Waals surface area contributed by atoms with E-state index >= 15 is 0 Å². The van der Waals surface area contributed by atoms with Crippen LogP contribution in [0.2, 0.25) is 0 Å². The SMILES string of the molecule is CC(CO)CCCNS(=O)(=O)c1cccc2c1N=S=N2. The monoisotopic (exact) mass is 315 g/mol. The summed E-state index contributed by atoms with van der Waals surface area (Å²) in [6.45, 7) is 2.40. The third kappa shape index (κ3) is 3.51. The molecule has 1 unspecified atom stereocenters. The summed E-state index contributed by atoms with van der Waals surface area (Å²) in [7, 11) is -3.57. The Balaban J connectivity index is 2.02. The van der Waals surface area contributed by atoms with Crippen molar-refractivity contribution < 1.29 is 13.5 Å². The van der Waals surface area contributed by atoms with Crippen LogP contribution < -0.4 is 4.72 Å². The molecule has 0 amide bonds. The molecular formula is C12H17N3O3S2. The number of sulfonamides is 1. The molecular weight excluding hydrogens is 298 g/mol. The summed E-state index contributed by atoms with van der Waals surface area (Å²) in [5.74, 6) is 0.186. The van der Waals surface area contributed by atoms with Crippen molar-refractivity contribution in [3.8, 4) is 0 Å². The van der Waals surface area contributed by atoms with Gasteiger partial charge in [0.25, 0.3) is 0 Å². The van der Waals surface area contributed by atoms with Gasteiger partial charge >= 0.3 is 0 Å². The van der Waals surface area contributed by atoms with Gasteiger partial charge < -0.3 is 5.11 Å². The summed E-state index contributed by atoms with van der Waals surface area (Å²) in [5.41, 5.74) is 1.00. The Morgan fingerprint density at radius 2 is 2.20 bits per heavy atom. The smallest absolute Gasteiger partial charge is 0.242 e. The van der Waals surface area contributed by atoms with Crippen molar-refractivity contribution in [1.82, 2.24) is 4.72 Å². The second kappa shape index (κ2) is 6.57. The molecule has 6 nitrogen and oxygen atoms in total. The molecule has 0 aromatic heterocycles. The molecule has 0 aliphatic carbocycles. The van der Waals surface area contributed by atoms with Crippen LogP contribution in [0.4, 0.5) is 11.4 Å². The van der Waals surface area contributed by atoms with Gasteiger partial charge in [-0.25, -0.2) is 13.1 Å². The Morgan fingerprint density at radius 1 is 1.40 bits per heavy atom. The molecule has 0 saturated carbocycles. The average Bonchev–Trinajstić information content (AvgIpc) is 2.91. The summed E-state index contributed by atoms with van der Waals surface area (Å²) in [5, 5.41) is 8.91. The summed E-state index contributed by atoms with van der Waals surface area (Å²) in [6.07, 6.45) is 1.47. The molecule has 0 radical (unpaired) electrons. The summed E-state index contributed by atoms with van der Waals surface area (Å²) >= 11 is 0.998. The van der Waals surface area contributed by atoms with Crippen molar-refractivity contribution in [3.63, 3.8) is 0 Å². The highest BCUT2D eigenvalue weighted by molar-refractivity contribution is 7.89. The number of fused-ring (bicyclic) bond motifs is 1. The van der Waals surface area contributed by atoms with Gasteiger partial charge in [0, 0.05) is 13.2 Å². The summed E-state index contributed by atoms with van der Waals surface area (Å²) < 4.78 is 35.1. The molecule has 1 aliphatic rings. The predicted molar refractivity (Wildman–Crippen MR) is 78.7 cm³/mol. The Labute approximate surface area is 122 Å². The van der Waals surface area contributed by atoms with E-state index in [1.165, 1.54) is 6.07 Å². The average molecular weight is 315 g/mol. The van der Waals surface area contributed by atoms with E-state index in [4.69, 9.17) is 5.11 Å². The van der Waals surface area contributed by atoms with Crippen molar-refractivity contribution in [3.05, 3.63) is 18.2 Å². The number of rotatable bonds is 7. The zero-order valence-corrected chi connectivity index (χ0v) is 12.7. The van der Waals surface area contributed by atoms with E-state index < -0.39 is 10.0 Å². The van der Waals surface area contributed by atoms with Crippen LogP contribution in [0.1, 0.15) is 19.8 Å². The number of hydrogen-bond acceptors (Lipinski definition) is 5. The van der Waals surface area contributed by atoms with E-state index in [0.717, 1.165) is 17.8 Å². The van der Waals surface area contributed by atoms with Gasteiger partial charge in [0.1, 0.15) is 16.3 Å². The predicted octanol–water partition coefficient (Wildman–Crippen LogP) is 2.10. The number of hydrogen-bond donors (Lipinski definition) is 2. The lowest BCUT2D eigenvalue weighted by Crippen LogP contribution is -2.25. The van der Waals surface area contributed by atoms with E-state index in [0.29, 0.717) is 24.3 Å². The van der Waals surface area contributed by atoms with Crippen LogP contribution >= 0.6 is 0 Å². The van der Waals surface area contributed by atoms with Gasteiger partial charge in [-0.3, -0.25) is 0 Å². The normalized spacial score (nSPS) is 14.9. The standard InChI is InChI=1S/C12H17N3O3S2/c1-9(8-16)4-3-7-13-20(17,18)11-6-2-5-10-12(11)15-19-14-10/h2,5-6,9,13,16H,3-4,7-8H2,1H3. The first kappa shape index (κ1) is 15.3. The van der Waals surface area contributed by atoms with Gasteiger partial charge in [-0.1, -0.05) is 13.0 Å². The fourth-order valence-corrected chi connectivity index (χ4v) is 3.66. The minimum absolute atomic E-state index is 0.122. The molecule has 1 atom stereocenters. The second-order valence-corrected chi connectivity index (χ2v) is 6.98. The van der Waals surface area contributed by atoms with Crippen molar-refractivity contribution >= 4 is 32.8 Å². The van der Waals surface area contributed by atoms with Crippen LogP contribution in [0.5, 0.6) is 0 Å². The zero-order chi connectivity index (χ0) is 14.6. The number of nitrogens with one attached hydrogen (secondary N) is 1. The molecule has 2 N–H and O–H groups in total. The molecule has 1 aromatic carbocycles. The Bertz CT molecular complexity index is 652. The Morgan fingerprint density at radius 3 is 2.95 bits per heavy atom. The molecule has 0 fully saturated rings. The minimum Gasteiger partial charge on any atom is -0.396 e. The van der Waals surface area contributed by atoms with Crippen LogP contribution in [0.3, 0.4) is 0 Å². The van der Waals surface area contributed by atoms with E-state index in [1.807, 2.05) is 6.92 Å². The van der Waals surface area contributed by atoms with Gasteiger partial charge in [0.15, 0.2) is 0 Å². The molecule has 1 heterocycles. The maximum absolute atomic E-state index is 12.2. The highest BCUT2D eigenvalue weighted by atomic mass is 32.2. The Hall–Kier alpha value is -1.09. The van der Waals surface area contributed by atoms with E-state index in [9.17, 15) is 8.42 Å². The van der Waals surface area contributed by atoms with Crippen LogP contribution in [0, 0.1) is 5.92 Å². The number of aliphatic hydroxyl groups excluding tert-OH is 1. The first-order valence-corrected chi connectivity index (χ1v) is 8.58. The quantitative estimate of drug-likeness (QED) is 0.766. The minimum atomic E-state index is -3.57. The third-order valence-corrected chi connectivity index (χ3v) is 5.05. The van der Waals surface area contributed by atoms with Gasteiger partial charge in [0.2, 0.25) is 10.0 Å². The Kier molecular flexibility index (Phi) is 5.03. The molecule has 0 spiro atoms. The number of benzene rings is 1. The third-order valence-electron chi connectivity index (χ3n) is 3.02. The number of aliphatic hydroxyl groups is 1. The van der Waals surface area contributed by atoms with Gasteiger partial charge in [-0.15, -0.1) is 0 Å². The molecule has 110 valence electrons. The van der Waals surface area contributed by atoms with Crippen molar-refractivity contribution in [2.45, 2.75) is 24.7 Å². The largest absolute Gasteiger partial charge is 0.396 e. The topological polar surface area (TPSA) is 91.1 Å². The van der Waals surface area contributed by atoms with Gasteiger partial charge in [0.05, 0.1) is 11.4 Å². The second-order valence-electron chi connectivity index (χ2n) is 4.72. The van der Waals surface area contributed by atoms with E-state index in [1.54, 1.807) is 12.1 Å². The van der Waals surface area contributed by atoms with Gasteiger partial charge in [-0.2, -0.15) is 8.73 Å².